The Morgan fingerprint density at radius 3 is 2.81 bits per heavy atom. The first-order valence-electron chi connectivity index (χ1n) is 6.77. The van der Waals surface area contributed by atoms with E-state index in [0.29, 0.717) is 24.0 Å². The monoisotopic (exact) mass is 324 g/mol. The number of anilines is 1. The largest absolute Gasteiger partial charge is 0.494 e. The molecule has 0 fully saturated rings. The molecule has 1 aromatic carbocycles. The molecule has 0 saturated carbocycles. The van der Waals surface area contributed by atoms with Crippen molar-refractivity contribution in [2.75, 3.05) is 17.8 Å². The van der Waals surface area contributed by atoms with Crippen LogP contribution in [0.1, 0.15) is 19.8 Å². The molecule has 0 aliphatic carbocycles. The topological polar surface area (TPSA) is 51.2 Å². The zero-order chi connectivity index (χ0) is 15.1. The number of hydrogen-bond acceptors (Lipinski definition) is 4. The van der Waals surface area contributed by atoms with E-state index in [1.807, 2.05) is 29.6 Å². The first-order valence-corrected chi connectivity index (χ1v) is 8.19. The molecule has 0 saturated heterocycles. The van der Waals surface area contributed by atoms with E-state index in [1.165, 1.54) is 11.3 Å². The predicted molar refractivity (Wildman–Crippen MR) is 87.3 cm³/mol. The summed E-state index contributed by atoms with van der Waals surface area (Å²) >= 11 is 6.92. The summed E-state index contributed by atoms with van der Waals surface area (Å²) in [6, 6.07) is 7.78. The van der Waals surface area contributed by atoms with Gasteiger partial charge in [0, 0.05) is 23.2 Å². The summed E-state index contributed by atoms with van der Waals surface area (Å²) in [5.74, 6) is 1.05. The number of hydrogen-bond donors (Lipinski definition) is 1. The van der Waals surface area contributed by atoms with Gasteiger partial charge in [-0.3, -0.25) is 4.79 Å². The molecular weight excluding hydrogens is 308 g/mol. The van der Waals surface area contributed by atoms with Crippen LogP contribution in [0.5, 0.6) is 5.75 Å². The lowest BCUT2D eigenvalue weighted by molar-refractivity contribution is -0.115. The maximum absolute atomic E-state index is 11.5. The number of aromatic nitrogens is 1. The minimum absolute atomic E-state index is 0.116. The van der Waals surface area contributed by atoms with Crippen molar-refractivity contribution in [1.29, 1.82) is 0 Å². The summed E-state index contributed by atoms with van der Waals surface area (Å²) in [4.78, 5) is 15.9. The number of carbonyl (C=O) groups is 1. The molecule has 0 atom stereocenters. The van der Waals surface area contributed by atoms with Crippen LogP contribution in [-0.4, -0.2) is 23.4 Å². The van der Waals surface area contributed by atoms with Gasteiger partial charge in [0.1, 0.15) is 5.75 Å². The van der Waals surface area contributed by atoms with Crippen LogP contribution in [0.3, 0.4) is 0 Å². The first-order chi connectivity index (χ1) is 10.2. The molecular formula is C15H17ClN2O2S. The van der Waals surface area contributed by atoms with Crippen molar-refractivity contribution in [3.8, 4) is 17.0 Å². The molecule has 4 nitrogen and oxygen atoms in total. The van der Waals surface area contributed by atoms with E-state index in [4.69, 9.17) is 16.3 Å². The van der Waals surface area contributed by atoms with Gasteiger partial charge in [0.15, 0.2) is 5.13 Å². The van der Waals surface area contributed by atoms with E-state index in [9.17, 15) is 4.79 Å². The molecule has 2 rings (SSSR count). The molecule has 6 heteroatoms. The van der Waals surface area contributed by atoms with Crippen LogP contribution in [0.2, 0.25) is 0 Å². The predicted octanol–water partition coefficient (Wildman–Crippen LogP) is 4.17. The highest BCUT2D eigenvalue weighted by molar-refractivity contribution is 7.14. The van der Waals surface area contributed by atoms with Crippen LogP contribution in [-0.2, 0) is 4.79 Å². The van der Waals surface area contributed by atoms with Crippen molar-refractivity contribution < 1.29 is 9.53 Å². The van der Waals surface area contributed by atoms with Crippen LogP contribution in [0.4, 0.5) is 5.13 Å². The maximum atomic E-state index is 11.5. The summed E-state index contributed by atoms with van der Waals surface area (Å²) in [5.41, 5.74) is 1.83. The smallest absolute Gasteiger partial charge is 0.227 e. The summed E-state index contributed by atoms with van der Waals surface area (Å²) in [7, 11) is 0. The van der Waals surface area contributed by atoms with Crippen molar-refractivity contribution in [3.05, 3.63) is 29.6 Å². The van der Waals surface area contributed by atoms with E-state index in [-0.39, 0.29) is 5.91 Å². The number of ether oxygens (including phenoxy) is 1. The van der Waals surface area contributed by atoms with Crippen molar-refractivity contribution in [2.45, 2.75) is 19.8 Å². The molecule has 1 N–H and O–H groups in total. The van der Waals surface area contributed by atoms with Crippen LogP contribution in [0.15, 0.2) is 29.6 Å². The SMILES string of the molecule is CCCOc1ccc(-c2csc(NC(=O)CCCl)n2)cc1. The third-order valence-corrected chi connectivity index (χ3v) is 3.64. The van der Waals surface area contributed by atoms with Gasteiger partial charge in [-0.25, -0.2) is 4.98 Å². The minimum Gasteiger partial charge on any atom is -0.494 e. The van der Waals surface area contributed by atoms with E-state index < -0.39 is 0 Å². The molecule has 0 bridgehead atoms. The second-order valence-corrected chi connectivity index (χ2v) is 5.63. The third-order valence-electron chi connectivity index (χ3n) is 2.70. The molecule has 1 amide bonds. The highest BCUT2D eigenvalue weighted by Crippen LogP contribution is 2.26. The zero-order valence-corrected chi connectivity index (χ0v) is 13.3. The quantitative estimate of drug-likeness (QED) is 0.778. The average Bonchev–Trinajstić information content (AvgIpc) is 2.94. The highest BCUT2D eigenvalue weighted by Gasteiger charge is 2.07. The number of rotatable bonds is 7. The molecule has 0 aliphatic heterocycles. The van der Waals surface area contributed by atoms with Crippen molar-refractivity contribution >= 4 is 34.0 Å². The van der Waals surface area contributed by atoms with Gasteiger partial charge in [0.2, 0.25) is 5.91 Å². The molecule has 1 heterocycles. The van der Waals surface area contributed by atoms with E-state index in [1.54, 1.807) is 0 Å². The summed E-state index contributed by atoms with van der Waals surface area (Å²) in [6.45, 7) is 2.79. The first kappa shape index (κ1) is 15.8. The number of carbonyl (C=O) groups excluding carboxylic acids is 1. The van der Waals surface area contributed by atoms with Gasteiger partial charge in [0.05, 0.1) is 12.3 Å². The summed E-state index contributed by atoms with van der Waals surface area (Å²) < 4.78 is 5.54. The number of nitrogens with zero attached hydrogens (tertiary/aromatic N) is 1. The molecule has 0 radical (unpaired) electrons. The Morgan fingerprint density at radius 2 is 2.14 bits per heavy atom. The Labute approximate surface area is 133 Å². The van der Waals surface area contributed by atoms with Gasteiger partial charge in [0.25, 0.3) is 0 Å². The van der Waals surface area contributed by atoms with E-state index in [2.05, 4.69) is 17.2 Å². The zero-order valence-electron chi connectivity index (χ0n) is 11.8. The Morgan fingerprint density at radius 1 is 1.38 bits per heavy atom. The molecule has 112 valence electrons. The summed E-state index contributed by atoms with van der Waals surface area (Å²) in [6.07, 6.45) is 1.28. The van der Waals surface area contributed by atoms with Crippen molar-refractivity contribution in [1.82, 2.24) is 4.98 Å². The lowest BCUT2D eigenvalue weighted by Crippen LogP contribution is -2.11. The molecule has 0 aliphatic rings. The van der Waals surface area contributed by atoms with Gasteiger partial charge < -0.3 is 10.1 Å². The fraction of sp³-hybridized carbons (Fsp3) is 0.333. The van der Waals surface area contributed by atoms with Gasteiger partial charge in [-0.1, -0.05) is 6.92 Å². The lowest BCUT2D eigenvalue weighted by Gasteiger charge is -2.04. The standard InChI is InChI=1S/C15H17ClN2O2S/c1-2-9-20-12-5-3-11(4-6-12)13-10-21-15(17-13)18-14(19)7-8-16/h3-6,10H,2,7-9H2,1H3,(H,17,18,19). The van der Waals surface area contributed by atoms with E-state index in [0.717, 1.165) is 23.4 Å². The number of alkyl halides is 1. The molecule has 0 spiro atoms. The van der Waals surface area contributed by atoms with Gasteiger partial charge in [-0.2, -0.15) is 0 Å². The van der Waals surface area contributed by atoms with Crippen LogP contribution < -0.4 is 10.1 Å². The normalized spacial score (nSPS) is 10.4. The maximum Gasteiger partial charge on any atom is 0.227 e. The number of thiazole rings is 1. The second kappa shape index (κ2) is 8.00. The van der Waals surface area contributed by atoms with Crippen LogP contribution in [0, 0.1) is 0 Å². The Kier molecular flexibility index (Phi) is 6.02. The van der Waals surface area contributed by atoms with Crippen molar-refractivity contribution in [2.24, 2.45) is 0 Å². The number of amides is 1. The number of nitrogens with one attached hydrogen (secondary N) is 1. The Bertz CT molecular complexity index is 584. The Balaban J connectivity index is 2.01. The van der Waals surface area contributed by atoms with Crippen LogP contribution >= 0.6 is 22.9 Å². The van der Waals surface area contributed by atoms with Gasteiger partial charge in [-0.15, -0.1) is 22.9 Å². The third kappa shape index (κ3) is 4.72. The fourth-order valence-corrected chi connectivity index (χ4v) is 2.58. The molecule has 2 aromatic rings. The van der Waals surface area contributed by atoms with Gasteiger partial charge >= 0.3 is 0 Å². The Hall–Kier alpha value is -1.59. The second-order valence-electron chi connectivity index (χ2n) is 4.40. The van der Waals surface area contributed by atoms with Gasteiger partial charge in [-0.05, 0) is 30.7 Å². The summed E-state index contributed by atoms with van der Waals surface area (Å²) in [5, 5.41) is 5.24. The number of benzene rings is 1. The highest BCUT2D eigenvalue weighted by atomic mass is 35.5. The molecule has 21 heavy (non-hydrogen) atoms. The minimum atomic E-state index is -0.116. The van der Waals surface area contributed by atoms with Crippen molar-refractivity contribution in [3.63, 3.8) is 0 Å². The fourth-order valence-electron chi connectivity index (χ4n) is 1.67. The lowest BCUT2D eigenvalue weighted by atomic mass is 10.2. The van der Waals surface area contributed by atoms with Crippen LogP contribution in [0.25, 0.3) is 11.3 Å². The average molecular weight is 325 g/mol. The number of halogens is 1. The molecule has 0 unspecified atom stereocenters. The molecule has 1 aromatic heterocycles. The van der Waals surface area contributed by atoms with E-state index >= 15 is 0 Å².